The quantitative estimate of drug-likeness (QED) is 0.670. The monoisotopic (exact) mass is 297 g/mol. The SMILES string of the molecule is CC1=C[C@H]2C[C@H]1[C@@H]1C(=O)N(c3cccc(C(=O)O)c3)C(=O)[C@H]12. The second-order valence-corrected chi connectivity index (χ2v) is 6.34. The minimum absolute atomic E-state index is 0.0763. The number of carboxylic acids is 1. The van der Waals surface area contributed by atoms with Gasteiger partial charge in [-0.2, -0.15) is 0 Å². The van der Waals surface area contributed by atoms with Crippen LogP contribution in [0.2, 0.25) is 0 Å². The molecule has 1 saturated heterocycles. The second kappa shape index (κ2) is 4.29. The summed E-state index contributed by atoms with van der Waals surface area (Å²) >= 11 is 0. The van der Waals surface area contributed by atoms with Gasteiger partial charge in [0.1, 0.15) is 0 Å². The zero-order chi connectivity index (χ0) is 15.6. The first kappa shape index (κ1) is 13.2. The number of amides is 2. The molecule has 0 aromatic heterocycles. The fourth-order valence-corrected chi connectivity index (χ4v) is 4.31. The Labute approximate surface area is 127 Å². The molecule has 112 valence electrons. The molecule has 1 saturated carbocycles. The van der Waals surface area contributed by atoms with Crippen molar-refractivity contribution in [1.29, 1.82) is 0 Å². The van der Waals surface area contributed by atoms with Gasteiger partial charge in [-0.3, -0.25) is 9.59 Å². The summed E-state index contributed by atoms with van der Waals surface area (Å²) in [5.74, 6) is -1.66. The maximum atomic E-state index is 12.7. The topological polar surface area (TPSA) is 74.7 Å². The van der Waals surface area contributed by atoms with Crippen LogP contribution in [0.25, 0.3) is 0 Å². The van der Waals surface area contributed by atoms with Crippen molar-refractivity contribution in [3.63, 3.8) is 0 Å². The minimum Gasteiger partial charge on any atom is -0.478 e. The first-order valence-corrected chi connectivity index (χ1v) is 7.38. The van der Waals surface area contributed by atoms with E-state index in [0.29, 0.717) is 5.69 Å². The summed E-state index contributed by atoms with van der Waals surface area (Å²) < 4.78 is 0. The Hall–Kier alpha value is -2.43. The lowest BCUT2D eigenvalue weighted by Gasteiger charge is -2.19. The summed E-state index contributed by atoms with van der Waals surface area (Å²) in [7, 11) is 0. The lowest BCUT2D eigenvalue weighted by Crippen LogP contribution is -2.33. The predicted molar refractivity (Wildman–Crippen MR) is 78.2 cm³/mol. The Bertz CT molecular complexity index is 751. The molecular weight excluding hydrogens is 282 g/mol. The van der Waals surface area contributed by atoms with E-state index in [-0.39, 0.29) is 41.0 Å². The molecule has 1 aromatic carbocycles. The third kappa shape index (κ3) is 1.56. The first-order valence-electron chi connectivity index (χ1n) is 7.38. The van der Waals surface area contributed by atoms with Gasteiger partial charge in [-0.1, -0.05) is 17.7 Å². The molecule has 0 radical (unpaired) electrons. The zero-order valence-corrected chi connectivity index (χ0v) is 12.0. The van der Waals surface area contributed by atoms with Gasteiger partial charge >= 0.3 is 5.97 Å². The molecular formula is C17H15NO4. The maximum Gasteiger partial charge on any atom is 0.335 e. The van der Waals surface area contributed by atoms with Gasteiger partial charge in [0, 0.05) is 0 Å². The summed E-state index contributed by atoms with van der Waals surface area (Å²) in [5.41, 5.74) is 1.64. The molecule has 1 N–H and O–H groups in total. The van der Waals surface area contributed by atoms with Crippen LogP contribution in [-0.2, 0) is 9.59 Å². The molecule has 22 heavy (non-hydrogen) atoms. The number of rotatable bonds is 2. The van der Waals surface area contributed by atoms with Gasteiger partial charge in [0.25, 0.3) is 0 Å². The maximum absolute atomic E-state index is 12.7. The molecule has 0 spiro atoms. The van der Waals surface area contributed by atoms with Crippen molar-refractivity contribution in [3.05, 3.63) is 41.5 Å². The summed E-state index contributed by atoms with van der Waals surface area (Å²) in [6.07, 6.45) is 3.01. The van der Waals surface area contributed by atoms with Crippen LogP contribution >= 0.6 is 0 Å². The smallest absolute Gasteiger partial charge is 0.335 e. The largest absolute Gasteiger partial charge is 0.478 e. The van der Waals surface area contributed by atoms with Gasteiger partial charge in [-0.15, -0.1) is 0 Å². The van der Waals surface area contributed by atoms with E-state index >= 15 is 0 Å². The Kier molecular flexibility index (Phi) is 2.58. The van der Waals surface area contributed by atoms with Gasteiger partial charge in [0.2, 0.25) is 11.8 Å². The number of carbonyl (C=O) groups excluding carboxylic acids is 2. The molecule has 3 aliphatic rings. The number of anilines is 1. The van der Waals surface area contributed by atoms with Crippen molar-refractivity contribution < 1.29 is 19.5 Å². The third-order valence-electron chi connectivity index (χ3n) is 5.23. The van der Waals surface area contributed by atoms with Crippen molar-refractivity contribution in [2.45, 2.75) is 13.3 Å². The van der Waals surface area contributed by atoms with Crippen LogP contribution < -0.4 is 4.90 Å². The van der Waals surface area contributed by atoms with Crippen LogP contribution in [0.15, 0.2) is 35.9 Å². The first-order chi connectivity index (χ1) is 10.5. The number of benzene rings is 1. The highest BCUT2D eigenvalue weighted by molar-refractivity contribution is 6.23. The Morgan fingerprint density at radius 3 is 2.68 bits per heavy atom. The van der Waals surface area contributed by atoms with Crippen LogP contribution in [0, 0.1) is 23.7 Å². The molecule has 4 atom stereocenters. The van der Waals surface area contributed by atoms with E-state index in [1.807, 2.05) is 6.92 Å². The average molecular weight is 297 g/mol. The molecule has 2 bridgehead atoms. The van der Waals surface area contributed by atoms with Gasteiger partial charge in [0.05, 0.1) is 23.1 Å². The molecule has 1 aromatic rings. The van der Waals surface area contributed by atoms with Gasteiger partial charge in [0.15, 0.2) is 0 Å². The highest BCUT2D eigenvalue weighted by Crippen LogP contribution is 2.55. The number of hydrogen-bond donors (Lipinski definition) is 1. The van der Waals surface area contributed by atoms with Crippen molar-refractivity contribution in [3.8, 4) is 0 Å². The van der Waals surface area contributed by atoms with E-state index < -0.39 is 5.97 Å². The van der Waals surface area contributed by atoms with E-state index in [1.165, 1.54) is 22.6 Å². The Morgan fingerprint density at radius 2 is 1.95 bits per heavy atom. The number of carbonyl (C=O) groups is 3. The average Bonchev–Trinajstić information content (AvgIpc) is 3.10. The van der Waals surface area contributed by atoms with Gasteiger partial charge in [-0.25, -0.2) is 9.69 Å². The van der Waals surface area contributed by atoms with Crippen LogP contribution in [0.1, 0.15) is 23.7 Å². The van der Waals surface area contributed by atoms with Crippen LogP contribution in [0.4, 0.5) is 5.69 Å². The van der Waals surface area contributed by atoms with E-state index in [2.05, 4.69) is 6.08 Å². The molecule has 1 aliphatic heterocycles. The van der Waals surface area contributed by atoms with Crippen molar-refractivity contribution in [2.75, 3.05) is 4.90 Å². The van der Waals surface area contributed by atoms with Crippen molar-refractivity contribution in [2.24, 2.45) is 23.7 Å². The third-order valence-corrected chi connectivity index (χ3v) is 5.23. The van der Waals surface area contributed by atoms with Gasteiger partial charge < -0.3 is 5.11 Å². The van der Waals surface area contributed by atoms with Crippen LogP contribution in [0.3, 0.4) is 0 Å². The molecule has 5 heteroatoms. The summed E-state index contributed by atoms with van der Waals surface area (Å²) in [4.78, 5) is 37.7. The number of nitrogens with zero attached hydrogens (tertiary/aromatic N) is 1. The Balaban J connectivity index is 1.74. The lowest BCUT2D eigenvalue weighted by atomic mass is 9.82. The second-order valence-electron chi connectivity index (χ2n) is 6.34. The predicted octanol–water partition coefficient (Wildman–Crippen LogP) is 2.09. The van der Waals surface area contributed by atoms with Gasteiger partial charge in [-0.05, 0) is 43.4 Å². The van der Waals surface area contributed by atoms with Crippen molar-refractivity contribution >= 4 is 23.5 Å². The number of imide groups is 1. The lowest BCUT2D eigenvalue weighted by molar-refractivity contribution is -0.123. The van der Waals surface area contributed by atoms with Crippen molar-refractivity contribution in [1.82, 2.24) is 0 Å². The summed E-state index contributed by atoms with van der Waals surface area (Å²) in [6, 6.07) is 6.02. The molecule has 2 aliphatic carbocycles. The van der Waals surface area contributed by atoms with Crippen LogP contribution in [-0.4, -0.2) is 22.9 Å². The molecule has 5 nitrogen and oxygen atoms in total. The highest BCUT2D eigenvalue weighted by atomic mass is 16.4. The number of fused-ring (bicyclic) bond motifs is 5. The zero-order valence-electron chi connectivity index (χ0n) is 12.0. The molecule has 0 unspecified atom stereocenters. The minimum atomic E-state index is -1.07. The number of carboxylic acid groups (broad SMARTS) is 1. The standard InChI is InChI=1S/C17H15NO4/c1-8-5-10-7-12(8)14-13(10)15(19)18(16(14)20)11-4-2-3-9(6-11)17(21)22/h2-6,10,12-14H,7H2,1H3,(H,21,22)/t10-,12+,13-,14-/m0/s1. The fraction of sp³-hybridized carbons (Fsp3) is 0.353. The van der Waals surface area contributed by atoms with E-state index in [4.69, 9.17) is 5.11 Å². The number of hydrogen-bond acceptors (Lipinski definition) is 3. The Morgan fingerprint density at radius 1 is 1.23 bits per heavy atom. The highest BCUT2D eigenvalue weighted by Gasteiger charge is 2.60. The van der Waals surface area contributed by atoms with E-state index in [0.717, 1.165) is 6.42 Å². The van der Waals surface area contributed by atoms with E-state index in [1.54, 1.807) is 12.1 Å². The molecule has 2 amide bonds. The molecule has 1 heterocycles. The van der Waals surface area contributed by atoms with E-state index in [9.17, 15) is 14.4 Å². The molecule has 2 fully saturated rings. The summed E-state index contributed by atoms with van der Waals surface area (Å²) in [5, 5.41) is 9.08. The summed E-state index contributed by atoms with van der Waals surface area (Å²) in [6.45, 7) is 2.02. The fourth-order valence-electron chi connectivity index (χ4n) is 4.31. The number of aromatic carboxylic acids is 1. The van der Waals surface area contributed by atoms with Crippen LogP contribution in [0.5, 0.6) is 0 Å². The normalized spacial score (nSPS) is 32.4. The molecule has 4 rings (SSSR count). The number of allylic oxidation sites excluding steroid dienone is 2.